The van der Waals surface area contributed by atoms with Gasteiger partial charge < -0.3 is 9.64 Å². The van der Waals surface area contributed by atoms with Gasteiger partial charge in [0.05, 0.1) is 12.7 Å². The zero-order valence-corrected chi connectivity index (χ0v) is 13.6. The van der Waals surface area contributed by atoms with Crippen LogP contribution in [-0.4, -0.2) is 55.0 Å². The zero-order valence-electron chi connectivity index (χ0n) is 12.8. The predicted molar refractivity (Wildman–Crippen MR) is 87.0 cm³/mol. The fraction of sp³-hybridized carbons (Fsp3) is 0.588. The van der Waals surface area contributed by atoms with Crippen molar-refractivity contribution in [3.05, 3.63) is 34.9 Å². The van der Waals surface area contributed by atoms with Crippen molar-refractivity contribution in [2.24, 2.45) is 0 Å². The van der Waals surface area contributed by atoms with Gasteiger partial charge in [0, 0.05) is 44.2 Å². The molecule has 1 aromatic carbocycles. The lowest BCUT2D eigenvalue weighted by Gasteiger charge is -2.33. The van der Waals surface area contributed by atoms with Crippen LogP contribution in [0.25, 0.3) is 0 Å². The third kappa shape index (κ3) is 4.00. The fourth-order valence-electron chi connectivity index (χ4n) is 3.16. The highest BCUT2D eigenvalue weighted by atomic mass is 35.5. The number of amides is 1. The number of benzene rings is 1. The molecule has 2 fully saturated rings. The third-order valence-electron chi connectivity index (χ3n) is 4.49. The lowest BCUT2D eigenvalue weighted by atomic mass is 10.1. The van der Waals surface area contributed by atoms with Crippen LogP contribution < -0.4 is 0 Å². The molecular formula is C17H23ClN2O2. The first-order chi connectivity index (χ1) is 10.7. The van der Waals surface area contributed by atoms with E-state index >= 15 is 0 Å². The molecule has 0 radical (unpaired) electrons. The SMILES string of the molecule is O=C(CCN1CCO[C@H](c2ccc(Cl)cc2)C1)N1CCCC1. The summed E-state index contributed by atoms with van der Waals surface area (Å²) in [6.45, 7) is 5.16. The number of hydrogen-bond donors (Lipinski definition) is 0. The van der Waals surface area contributed by atoms with Gasteiger partial charge in [-0.15, -0.1) is 0 Å². The van der Waals surface area contributed by atoms with Crippen LogP contribution in [0.4, 0.5) is 0 Å². The molecule has 4 nitrogen and oxygen atoms in total. The Hall–Kier alpha value is -1.10. The molecule has 3 rings (SSSR count). The van der Waals surface area contributed by atoms with Gasteiger partial charge in [-0.05, 0) is 30.5 Å². The summed E-state index contributed by atoms with van der Waals surface area (Å²) in [4.78, 5) is 16.5. The Labute approximate surface area is 137 Å². The van der Waals surface area contributed by atoms with E-state index in [1.807, 2.05) is 29.2 Å². The van der Waals surface area contributed by atoms with Gasteiger partial charge in [-0.25, -0.2) is 0 Å². The lowest BCUT2D eigenvalue weighted by molar-refractivity contribution is -0.131. The van der Waals surface area contributed by atoms with E-state index < -0.39 is 0 Å². The number of ether oxygens (including phenoxy) is 1. The van der Waals surface area contributed by atoms with Crippen molar-refractivity contribution in [3.8, 4) is 0 Å². The molecule has 0 unspecified atom stereocenters. The second-order valence-corrected chi connectivity index (χ2v) is 6.49. The number of nitrogens with zero attached hydrogens (tertiary/aromatic N) is 2. The van der Waals surface area contributed by atoms with E-state index in [4.69, 9.17) is 16.3 Å². The Morgan fingerprint density at radius 1 is 1.18 bits per heavy atom. The normalized spacial score (nSPS) is 23.0. The molecule has 2 saturated heterocycles. The molecule has 0 spiro atoms. The van der Waals surface area contributed by atoms with E-state index in [9.17, 15) is 4.79 Å². The van der Waals surface area contributed by atoms with Gasteiger partial charge in [-0.3, -0.25) is 9.69 Å². The first-order valence-electron chi connectivity index (χ1n) is 8.09. The van der Waals surface area contributed by atoms with Crippen LogP contribution in [0.5, 0.6) is 0 Å². The molecule has 1 atom stereocenters. The summed E-state index contributed by atoms with van der Waals surface area (Å²) in [5.74, 6) is 0.298. The minimum atomic E-state index is 0.0768. The highest BCUT2D eigenvalue weighted by Gasteiger charge is 2.24. The fourth-order valence-corrected chi connectivity index (χ4v) is 3.29. The molecule has 22 heavy (non-hydrogen) atoms. The van der Waals surface area contributed by atoms with Crippen LogP contribution >= 0.6 is 11.6 Å². The minimum absolute atomic E-state index is 0.0768. The second-order valence-electron chi connectivity index (χ2n) is 6.05. The van der Waals surface area contributed by atoms with Crippen molar-refractivity contribution in [3.63, 3.8) is 0 Å². The number of halogens is 1. The predicted octanol–water partition coefficient (Wildman–Crippen LogP) is 2.73. The summed E-state index contributed by atoms with van der Waals surface area (Å²) >= 11 is 5.93. The summed E-state index contributed by atoms with van der Waals surface area (Å²) in [5.41, 5.74) is 1.15. The van der Waals surface area contributed by atoms with Crippen molar-refractivity contribution in [1.29, 1.82) is 0 Å². The molecule has 0 saturated carbocycles. The minimum Gasteiger partial charge on any atom is -0.371 e. The quantitative estimate of drug-likeness (QED) is 0.854. The van der Waals surface area contributed by atoms with Crippen molar-refractivity contribution in [1.82, 2.24) is 9.80 Å². The maximum Gasteiger partial charge on any atom is 0.223 e. The number of hydrogen-bond acceptors (Lipinski definition) is 3. The van der Waals surface area contributed by atoms with Crippen LogP contribution in [0, 0.1) is 0 Å². The third-order valence-corrected chi connectivity index (χ3v) is 4.75. The van der Waals surface area contributed by atoms with Crippen molar-refractivity contribution >= 4 is 17.5 Å². The van der Waals surface area contributed by atoms with Crippen LogP contribution in [0.15, 0.2) is 24.3 Å². The number of likely N-dealkylation sites (tertiary alicyclic amines) is 1. The molecule has 120 valence electrons. The van der Waals surface area contributed by atoms with Gasteiger partial charge in [0.15, 0.2) is 0 Å². The maximum atomic E-state index is 12.1. The van der Waals surface area contributed by atoms with Crippen LogP contribution in [0.2, 0.25) is 5.02 Å². The van der Waals surface area contributed by atoms with Crippen molar-refractivity contribution < 1.29 is 9.53 Å². The largest absolute Gasteiger partial charge is 0.371 e. The number of morpholine rings is 1. The monoisotopic (exact) mass is 322 g/mol. The summed E-state index contributed by atoms with van der Waals surface area (Å²) in [5, 5.41) is 0.743. The molecule has 0 N–H and O–H groups in total. The summed E-state index contributed by atoms with van der Waals surface area (Å²) < 4.78 is 5.86. The summed E-state index contributed by atoms with van der Waals surface area (Å²) in [7, 11) is 0. The summed E-state index contributed by atoms with van der Waals surface area (Å²) in [6.07, 6.45) is 3.00. The molecule has 0 aliphatic carbocycles. The van der Waals surface area contributed by atoms with E-state index in [1.54, 1.807) is 0 Å². The molecule has 0 aromatic heterocycles. The lowest BCUT2D eigenvalue weighted by Crippen LogP contribution is -2.40. The Bertz CT molecular complexity index is 500. The van der Waals surface area contributed by atoms with Crippen LogP contribution in [-0.2, 0) is 9.53 Å². The molecule has 2 aliphatic rings. The standard InChI is InChI=1S/C17H23ClN2O2/c18-15-5-3-14(4-6-15)16-13-19(11-12-22-16)10-7-17(21)20-8-1-2-9-20/h3-6,16H,1-2,7-13H2/t16-/m0/s1. The van der Waals surface area contributed by atoms with Crippen molar-refractivity contribution in [2.45, 2.75) is 25.4 Å². The molecule has 1 amide bonds. The van der Waals surface area contributed by atoms with Gasteiger partial charge in [-0.2, -0.15) is 0 Å². The van der Waals surface area contributed by atoms with Crippen LogP contribution in [0.3, 0.4) is 0 Å². The van der Waals surface area contributed by atoms with Gasteiger partial charge >= 0.3 is 0 Å². The second kappa shape index (κ2) is 7.44. The van der Waals surface area contributed by atoms with E-state index in [0.29, 0.717) is 18.9 Å². The summed E-state index contributed by atoms with van der Waals surface area (Å²) in [6, 6.07) is 7.84. The molecular weight excluding hydrogens is 300 g/mol. The topological polar surface area (TPSA) is 32.8 Å². The maximum absolute atomic E-state index is 12.1. The van der Waals surface area contributed by atoms with E-state index in [2.05, 4.69) is 4.90 Å². The Morgan fingerprint density at radius 2 is 1.91 bits per heavy atom. The Morgan fingerprint density at radius 3 is 2.64 bits per heavy atom. The van der Waals surface area contributed by atoms with Gasteiger partial charge in [0.1, 0.15) is 0 Å². The number of carbonyl (C=O) groups excluding carboxylic acids is 1. The molecule has 5 heteroatoms. The van der Waals surface area contributed by atoms with E-state index in [-0.39, 0.29) is 6.10 Å². The number of rotatable bonds is 4. The molecule has 2 heterocycles. The zero-order chi connectivity index (χ0) is 15.4. The first-order valence-corrected chi connectivity index (χ1v) is 8.47. The van der Waals surface area contributed by atoms with Gasteiger partial charge in [-0.1, -0.05) is 23.7 Å². The average molecular weight is 323 g/mol. The van der Waals surface area contributed by atoms with Gasteiger partial charge in [0.25, 0.3) is 0 Å². The molecule has 2 aliphatic heterocycles. The molecule has 1 aromatic rings. The average Bonchev–Trinajstić information content (AvgIpc) is 3.08. The first kappa shape index (κ1) is 15.8. The smallest absolute Gasteiger partial charge is 0.223 e. The Balaban J connectivity index is 1.50. The Kier molecular flexibility index (Phi) is 5.34. The van der Waals surface area contributed by atoms with Crippen molar-refractivity contribution in [2.75, 3.05) is 39.3 Å². The highest BCUT2D eigenvalue weighted by Crippen LogP contribution is 2.23. The molecule has 0 bridgehead atoms. The number of carbonyl (C=O) groups is 1. The van der Waals surface area contributed by atoms with E-state index in [0.717, 1.165) is 56.2 Å². The van der Waals surface area contributed by atoms with E-state index in [1.165, 1.54) is 0 Å². The highest BCUT2D eigenvalue weighted by molar-refractivity contribution is 6.30. The van der Waals surface area contributed by atoms with Gasteiger partial charge in [0.2, 0.25) is 5.91 Å². The van der Waals surface area contributed by atoms with Crippen LogP contribution in [0.1, 0.15) is 30.9 Å².